The first-order valence-corrected chi connectivity index (χ1v) is 2.87. The van der Waals surface area contributed by atoms with E-state index in [0.29, 0.717) is 0 Å². The molecule has 0 unspecified atom stereocenters. The van der Waals surface area contributed by atoms with Crippen LogP contribution in [0.5, 0.6) is 0 Å². The fourth-order valence-electron chi connectivity index (χ4n) is 0.0257. The minimum Gasteiger partial charge on any atom is -0.251 e. The SMILES string of the molecule is COS(=O)(=O)OCl. The van der Waals surface area contributed by atoms with Crippen molar-refractivity contribution in [3.63, 3.8) is 0 Å². The van der Waals surface area contributed by atoms with Crippen LogP contribution < -0.4 is 0 Å². The number of hydrogen-bond acceptors (Lipinski definition) is 4. The fourth-order valence-corrected chi connectivity index (χ4v) is 0.231. The molecule has 0 N–H and O–H groups in total. The van der Waals surface area contributed by atoms with Crippen LogP contribution in [0.3, 0.4) is 0 Å². The van der Waals surface area contributed by atoms with E-state index < -0.39 is 10.4 Å². The van der Waals surface area contributed by atoms with Crippen LogP contribution >= 0.6 is 11.9 Å². The largest absolute Gasteiger partial charge is 0.415 e. The first kappa shape index (κ1) is 7.16. The van der Waals surface area contributed by atoms with Gasteiger partial charge in [0, 0.05) is 0 Å². The summed E-state index contributed by atoms with van der Waals surface area (Å²) in [6.07, 6.45) is 0. The van der Waals surface area contributed by atoms with Crippen molar-refractivity contribution in [1.82, 2.24) is 0 Å². The van der Waals surface area contributed by atoms with Crippen molar-refractivity contribution in [3.8, 4) is 0 Å². The van der Waals surface area contributed by atoms with Gasteiger partial charge in [-0.2, -0.15) is 8.42 Å². The van der Waals surface area contributed by atoms with Crippen LogP contribution in [0.1, 0.15) is 0 Å². The van der Waals surface area contributed by atoms with Crippen LogP contribution in [0.25, 0.3) is 0 Å². The quantitative estimate of drug-likeness (QED) is 0.552. The zero-order valence-electron chi connectivity index (χ0n) is 3.42. The maximum absolute atomic E-state index is 9.79. The second-order valence-corrected chi connectivity index (χ2v) is 2.29. The Morgan fingerprint density at radius 2 is 2.00 bits per heavy atom. The van der Waals surface area contributed by atoms with E-state index in [1.165, 1.54) is 0 Å². The summed E-state index contributed by atoms with van der Waals surface area (Å²) in [7, 11) is -2.95. The molecule has 4 nitrogen and oxygen atoms in total. The molecule has 0 bridgehead atoms. The summed E-state index contributed by atoms with van der Waals surface area (Å²) in [5, 5.41) is 0. The lowest BCUT2D eigenvalue weighted by Gasteiger charge is -1.88. The third-order valence-electron chi connectivity index (χ3n) is 0.281. The van der Waals surface area contributed by atoms with Crippen molar-refractivity contribution in [1.29, 1.82) is 0 Å². The molecule has 0 aliphatic heterocycles. The van der Waals surface area contributed by atoms with Gasteiger partial charge in [-0.15, -0.1) is 3.74 Å². The molecule has 44 valence electrons. The predicted octanol–water partition coefficient (Wildman–Crippen LogP) is 0.0480. The van der Waals surface area contributed by atoms with Gasteiger partial charge >= 0.3 is 10.4 Å². The van der Waals surface area contributed by atoms with E-state index in [-0.39, 0.29) is 0 Å². The van der Waals surface area contributed by atoms with Crippen molar-refractivity contribution >= 4 is 22.3 Å². The molecular weight excluding hydrogens is 144 g/mol. The lowest BCUT2D eigenvalue weighted by Crippen LogP contribution is -1.99. The molecule has 7 heavy (non-hydrogen) atoms. The Morgan fingerprint density at radius 1 is 1.57 bits per heavy atom. The van der Waals surface area contributed by atoms with Crippen LogP contribution in [0.4, 0.5) is 0 Å². The molecule has 0 aromatic heterocycles. The van der Waals surface area contributed by atoms with Gasteiger partial charge in [0.15, 0.2) is 0 Å². The number of halogens is 1. The van der Waals surface area contributed by atoms with Gasteiger partial charge in [0.05, 0.1) is 19.0 Å². The van der Waals surface area contributed by atoms with Gasteiger partial charge in [-0.25, -0.2) is 0 Å². The summed E-state index contributed by atoms with van der Waals surface area (Å²) in [6.45, 7) is 0. The molecular formula is CH3ClO4S. The summed E-state index contributed by atoms with van der Waals surface area (Å²) < 4.78 is 26.6. The monoisotopic (exact) mass is 146 g/mol. The minimum atomic E-state index is -3.89. The van der Waals surface area contributed by atoms with E-state index in [9.17, 15) is 8.42 Å². The molecule has 0 rings (SSSR count). The van der Waals surface area contributed by atoms with Gasteiger partial charge in [0.1, 0.15) is 0 Å². The third kappa shape index (κ3) is 2.81. The fraction of sp³-hybridized carbons (Fsp3) is 1.00. The summed E-state index contributed by atoms with van der Waals surface area (Å²) in [4.78, 5) is 0. The number of rotatable bonds is 2. The van der Waals surface area contributed by atoms with Crippen LogP contribution in [0.2, 0.25) is 0 Å². The topological polar surface area (TPSA) is 52.6 Å². The van der Waals surface area contributed by atoms with Gasteiger partial charge in [-0.05, 0) is 0 Å². The maximum atomic E-state index is 9.79. The molecule has 0 atom stereocenters. The second-order valence-electron chi connectivity index (χ2n) is 0.638. The molecule has 0 saturated heterocycles. The van der Waals surface area contributed by atoms with E-state index in [0.717, 1.165) is 7.11 Å². The summed E-state index contributed by atoms with van der Waals surface area (Å²) in [6, 6.07) is 0. The molecule has 0 aliphatic rings. The molecule has 0 radical (unpaired) electrons. The lowest BCUT2D eigenvalue weighted by molar-refractivity contribution is 0.339. The zero-order valence-corrected chi connectivity index (χ0v) is 4.99. The molecule has 0 fully saturated rings. The molecule has 0 amide bonds. The number of hydrogen-bond donors (Lipinski definition) is 0. The maximum Gasteiger partial charge on any atom is 0.415 e. The molecule has 0 heterocycles. The van der Waals surface area contributed by atoms with Crippen molar-refractivity contribution in [2.75, 3.05) is 7.11 Å². The highest BCUT2D eigenvalue weighted by molar-refractivity contribution is 7.82. The van der Waals surface area contributed by atoms with Gasteiger partial charge in [-0.1, -0.05) is 0 Å². The summed E-state index contributed by atoms with van der Waals surface area (Å²) in [5.74, 6) is 0. The van der Waals surface area contributed by atoms with Crippen molar-refractivity contribution in [2.24, 2.45) is 0 Å². The normalized spacial score (nSPS) is 11.7. The van der Waals surface area contributed by atoms with E-state index in [1.807, 2.05) is 0 Å². The Kier molecular flexibility index (Phi) is 2.52. The van der Waals surface area contributed by atoms with Crippen molar-refractivity contribution in [2.45, 2.75) is 0 Å². The van der Waals surface area contributed by atoms with Gasteiger partial charge in [-0.3, -0.25) is 4.18 Å². The Hall–Kier alpha value is 0.160. The highest BCUT2D eigenvalue weighted by Crippen LogP contribution is 1.93. The highest BCUT2D eigenvalue weighted by Gasteiger charge is 2.04. The van der Waals surface area contributed by atoms with Gasteiger partial charge in [0.25, 0.3) is 0 Å². The summed E-state index contributed by atoms with van der Waals surface area (Å²) >= 11 is 4.38. The second kappa shape index (κ2) is 2.46. The Bertz CT molecular complexity index is 115. The first-order valence-electron chi connectivity index (χ1n) is 1.23. The van der Waals surface area contributed by atoms with Crippen LogP contribution in [-0.2, 0) is 18.3 Å². The first-order chi connectivity index (χ1) is 3.12. The van der Waals surface area contributed by atoms with E-state index in [2.05, 4.69) is 19.8 Å². The Balaban J connectivity index is 3.89. The lowest BCUT2D eigenvalue weighted by atomic mass is 11.8. The summed E-state index contributed by atoms with van der Waals surface area (Å²) in [5.41, 5.74) is 0. The minimum absolute atomic E-state index is 0.942. The van der Waals surface area contributed by atoms with E-state index >= 15 is 0 Å². The molecule has 0 spiro atoms. The van der Waals surface area contributed by atoms with E-state index in [4.69, 9.17) is 0 Å². The Labute approximate surface area is 46.5 Å². The molecule has 0 aliphatic carbocycles. The van der Waals surface area contributed by atoms with Gasteiger partial charge in [0.2, 0.25) is 0 Å². The van der Waals surface area contributed by atoms with Crippen molar-refractivity contribution < 1.29 is 16.3 Å². The van der Waals surface area contributed by atoms with Crippen molar-refractivity contribution in [3.05, 3.63) is 0 Å². The zero-order chi connectivity index (χ0) is 5.91. The third-order valence-corrected chi connectivity index (χ3v) is 1.31. The molecule has 0 aromatic carbocycles. The standard InChI is InChI=1S/CH3ClO4S/c1-5-7(3,4)6-2/h1H3. The molecule has 0 saturated carbocycles. The smallest absolute Gasteiger partial charge is 0.251 e. The molecule has 6 heteroatoms. The average molecular weight is 147 g/mol. The highest BCUT2D eigenvalue weighted by atomic mass is 35.5. The van der Waals surface area contributed by atoms with Crippen LogP contribution in [-0.4, -0.2) is 15.5 Å². The van der Waals surface area contributed by atoms with Crippen LogP contribution in [0, 0.1) is 0 Å². The van der Waals surface area contributed by atoms with Crippen LogP contribution in [0.15, 0.2) is 0 Å². The predicted molar refractivity (Wildman–Crippen MR) is 22.9 cm³/mol. The molecule has 0 aromatic rings. The Morgan fingerprint density at radius 3 is 2.00 bits per heavy atom. The van der Waals surface area contributed by atoms with Gasteiger partial charge < -0.3 is 0 Å². The van der Waals surface area contributed by atoms with E-state index in [1.54, 1.807) is 0 Å². The average Bonchev–Trinajstić information content (AvgIpc) is 1.68.